The summed E-state index contributed by atoms with van der Waals surface area (Å²) >= 11 is 0. The quantitative estimate of drug-likeness (QED) is 0.744. The summed E-state index contributed by atoms with van der Waals surface area (Å²) in [4.78, 5) is 12.2. The number of ketones is 1. The molecule has 20 heavy (non-hydrogen) atoms. The van der Waals surface area contributed by atoms with E-state index in [1.807, 2.05) is 0 Å². The molecular weight excluding hydrogens is 260 g/mol. The van der Waals surface area contributed by atoms with Crippen LogP contribution in [0, 0.1) is 0 Å². The van der Waals surface area contributed by atoms with Gasteiger partial charge in [-0.3, -0.25) is 4.79 Å². The molecule has 0 saturated heterocycles. The number of hydrogen-bond acceptors (Lipinski definition) is 5. The van der Waals surface area contributed by atoms with Gasteiger partial charge < -0.3 is 20.1 Å². The molecule has 3 N–H and O–H groups in total. The maximum Gasteiger partial charge on any atom is 0.171 e. The molecule has 0 aliphatic rings. The van der Waals surface area contributed by atoms with E-state index in [0.717, 1.165) is 0 Å². The molecule has 0 fully saturated rings. The molecule has 0 unspecified atom stereocenters. The third-order valence-electron chi connectivity index (χ3n) is 2.91. The number of hydrogen-bond donors (Lipinski definition) is 3. The van der Waals surface area contributed by atoms with Crippen LogP contribution in [-0.2, 0) is 6.42 Å². The Kier molecular flexibility index (Phi) is 3.79. The van der Waals surface area contributed by atoms with Gasteiger partial charge in [0.05, 0.1) is 12.7 Å². The second kappa shape index (κ2) is 5.52. The van der Waals surface area contributed by atoms with E-state index in [4.69, 9.17) is 4.74 Å². The highest BCUT2D eigenvalue weighted by atomic mass is 16.5. The summed E-state index contributed by atoms with van der Waals surface area (Å²) in [6.07, 6.45) is -0.0345. The maximum atomic E-state index is 12.2. The molecule has 0 heterocycles. The molecule has 2 rings (SSSR count). The number of aromatic hydroxyl groups is 3. The number of carbonyl (C=O) groups excluding carboxylic acids is 1. The van der Waals surface area contributed by atoms with E-state index in [-0.39, 0.29) is 35.2 Å². The third-order valence-corrected chi connectivity index (χ3v) is 2.91. The number of ether oxygens (including phenoxy) is 1. The summed E-state index contributed by atoms with van der Waals surface area (Å²) < 4.78 is 5.05. The largest absolute Gasteiger partial charge is 0.508 e. The van der Waals surface area contributed by atoms with Gasteiger partial charge in [-0.1, -0.05) is 6.07 Å². The van der Waals surface area contributed by atoms with Gasteiger partial charge in [0.2, 0.25) is 0 Å². The van der Waals surface area contributed by atoms with Gasteiger partial charge in [-0.05, 0) is 18.2 Å². The minimum Gasteiger partial charge on any atom is -0.508 e. The van der Waals surface area contributed by atoms with E-state index in [2.05, 4.69) is 0 Å². The minimum atomic E-state index is -0.261. The molecule has 2 aromatic rings. The molecule has 0 radical (unpaired) electrons. The van der Waals surface area contributed by atoms with Crippen LogP contribution in [0.25, 0.3) is 0 Å². The Morgan fingerprint density at radius 3 is 2.35 bits per heavy atom. The Labute approximate surface area is 115 Å². The Balaban J connectivity index is 2.28. The van der Waals surface area contributed by atoms with E-state index < -0.39 is 0 Å². The first-order chi connectivity index (χ1) is 9.51. The second-order valence-corrected chi connectivity index (χ2v) is 4.30. The van der Waals surface area contributed by atoms with Crippen LogP contribution in [0.4, 0.5) is 0 Å². The molecule has 0 aliphatic carbocycles. The lowest BCUT2D eigenvalue weighted by Crippen LogP contribution is -2.05. The van der Waals surface area contributed by atoms with E-state index in [9.17, 15) is 20.1 Å². The van der Waals surface area contributed by atoms with E-state index in [1.54, 1.807) is 0 Å². The number of methoxy groups -OCH3 is 1. The standard InChI is InChI=1S/C15H14O5/c1-20-15-8-11(17)4-5-12(15)14(19)6-9-2-3-10(16)7-13(9)18/h2-5,7-8,16-18H,6H2,1H3. The molecule has 104 valence electrons. The Morgan fingerprint density at radius 2 is 1.70 bits per heavy atom. The number of phenolic OH excluding ortho intramolecular Hbond substituents is 3. The zero-order valence-corrected chi connectivity index (χ0v) is 10.8. The lowest BCUT2D eigenvalue weighted by Gasteiger charge is -2.09. The van der Waals surface area contributed by atoms with Crippen molar-refractivity contribution in [3.8, 4) is 23.0 Å². The number of phenols is 3. The van der Waals surface area contributed by atoms with Crippen LogP contribution in [0.3, 0.4) is 0 Å². The van der Waals surface area contributed by atoms with Gasteiger partial charge in [0.15, 0.2) is 5.78 Å². The normalized spacial score (nSPS) is 10.2. The lowest BCUT2D eigenvalue weighted by molar-refractivity contribution is 0.0989. The summed E-state index contributed by atoms with van der Waals surface area (Å²) in [6, 6.07) is 8.27. The van der Waals surface area contributed by atoms with Gasteiger partial charge in [0, 0.05) is 24.1 Å². The first-order valence-corrected chi connectivity index (χ1v) is 5.92. The molecule has 0 atom stereocenters. The van der Waals surface area contributed by atoms with Gasteiger partial charge in [-0.2, -0.15) is 0 Å². The van der Waals surface area contributed by atoms with Crippen molar-refractivity contribution in [1.82, 2.24) is 0 Å². The highest BCUT2D eigenvalue weighted by Gasteiger charge is 2.15. The summed E-state index contributed by atoms with van der Waals surface area (Å²) in [6.45, 7) is 0. The summed E-state index contributed by atoms with van der Waals surface area (Å²) in [7, 11) is 1.41. The molecule has 0 aliphatic heterocycles. The molecule has 0 amide bonds. The summed E-state index contributed by atoms with van der Waals surface area (Å²) in [5.74, 6) is -0.195. The fraction of sp³-hybridized carbons (Fsp3) is 0.133. The van der Waals surface area contributed by atoms with Crippen LogP contribution in [0.15, 0.2) is 36.4 Å². The SMILES string of the molecule is COc1cc(O)ccc1C(=O)Cc1ccc(O)cc1O. The molecule has 2 aromatic carbocycles. The van der Waals surface area contributed by atoms with E-state index in [0.29, 0.717) is 11.1 Å². The Morgan fingerprint density at radius 1 is 1.05 bits per heavy atom. The zero-order valence-electron chi connectivity index (χ0n) is 10.8. The van der Waals surface area contributed by atoms with Crippen LogP contribution < -0.4 is 4.74 Å². The minimum absolute atomic E-state index is 0.00545. The molecule has 0 aromatic heterocycles. The van der Waals surface area contributed by atoms with E-state index >= 15 is 0 Å². The monoisotopic (exact) mass is 274 g/mol. The highest BCUT2D eigenvalue weighted by Crippen LogP contribution is 2.28. The van der Waals surface area contributed by atoms with Crippen LogP contribution in [0.5, 0.6) is 23.0 Å². The molecule has 0 saturated carbocycles. The van der Waals surface area contributed by atoms with Crippen molar-refractivity contribution < 1.29 is 24.9 Å². The topological polar surface area (TPSA) is 87.0 Å². The predicted octanol–water partition coefficient (Wildman–Crippen LogP) is 2.24. The fourth-order valence-electron chi connectivity index (χ4n) is 1.88. The molecule has 5 nitrogen and oxygen atoms in total. The summed E-state index contributed by atoms with van der Waals surface area (Å²) in [5, 5.41) is 28.2. The van der Waals surface area contributed by atoms with Crippen molar-refractivity contribution in [3.05, 3.63) is 47.5 Å². The van der Waals surface area contributed by atoms with Crippen molar-refractivity contribution in [2.45, 2.75) is 6.42 Å². The molecule has 5 heteroatoms. The van der Waals surface area contributed by atoms with Crippen molar-refractivity contribution >= 4 is 5.78 Å². The van der Waals surface area contributed by atoms with Crippen molar-refractivity contribution in [1.29, 1.82) is 0 Å². The number of benzene rings is 2. The number of carbonyl (C=O) groups is 1. The smallest absolute Gasteiger partial charge is 0.171 e. The first-order valence-electron chi connectivity index (χ1n) is 5.92. The third kappa shape index (κ3) is 2.83. The Hall–Kier alpha value is -2.69. The van der Waals surface area contributed by atoms with Crippen LogP contribution >= 0.6 is 0 Å². The van der Waals surface area contributed by atoms with Gasteiger partial charge in [-0.25, -0.2) is 0 Å². The van der Waals surface area contributed by atoms with Crippen LogP contribution in [-0.4, -0.2) is 28.2 Å². The first kappa shape index (κ1) is 13.7. The molecule has 0 spiro atoms. The van der Waals surface area contributed by atoms with E-state index in [1.165, 1.54) is 43.5 Å². The number of rotatable bonds is 4. The number of Topliss-reactive ketones (excluding diaryl/α,β-unsaturated/α-hetero) is 1. The predicted molar refractivity (Wildman–Crippen MR) is 72.5 cm³/mol. The van der Waals surface area contributed by atoms with Crippen molar-refractivity contribution in [3.63, 3.8) is 0 Å². The average molecular weight is 274 g/mol. The van der Waals surface area contributed by atoms with Crippen molar-refractivity contribution in [2.75, 3.05) is 7.11 Å². The zero-order chi connectivity index (χ0) is 14.7. The van der Waals surface area contributed by atoms with Crippen molar-refractivity contribution in [2.24, 2.45) is 0 Å². The highest BCUT2D eigenvalue weighted by molar-refractivity contribution is 6.00. The lowest BCUT2D eigenvalue weighted by atomic mass is 10.0. The van der Waals surface area contributed by atoms with Gasteiger partial charge in [-0.15, -0.1) is 0 Å². The van der Waals surface area contributed by atoms with Crippen LogP contribution in [0.2, 0.25) is 0 Å². The maximum absolute atomic E-state index is 12.2. The van der Waals surface area contributed by atoms with Gasteiger partial charge in [0.25, 0.3) is 0 Å². The fourth-order valence-corrected chi connectivity index (χ4v) is 1.88. The van der Waals surface area contributed by atoms with Gasteiger partial charge >= 0.3 is 0 Å². The second-order valence-electron chi connectivity index (χ2n) is 4.30. The molecular formula is C15H14O5. The Bertz CT molecular complexity index is 649. The average Bonchev–Trinajstić information content (AvgIpc) is 2.41. The molecule has 0 bridgehead atoms. The van der Waals surface area contributed by atoms with Gasteiger partial charge in [0.1, 0.15) is 23.0 Å². The summed E-state index contributed by atoms with van der Waals surface area (Å²) in [5.41, 5.74) is 0.723. The van der Waals surface area contributed by atoms with Crippen LogP contribution in [0.1, 0.15) is 15.9 Å².